The van der Waals surface area contributed by atoms with Crippen molar-refractivity contribution in [2.45, 2.75) is 0 Å². The average Bonchev–Trinajstić information content (AvgIpc) is 2.82. The number of nitrogens with zero attached hydrogens (tertiary/aromatic N) is 1. The van der Waals surface area contributed by atoms with Gasteiger partial charge in [-0.15, -0.1) is 0 Å². The summed E-state index contributed by atoms with van der Waals surface area (Å²) in [5.74, 6) is -0.103. The predicted octanol–water partition coefficient (Wildman–Crippen LogP) is 4.18. The minimum atomic E-state index is -0.103. The molecule has 1 N–H and O–H groups in total. The number of benzene rings is 2. The van der Waals surface area contributed by atoms with E-state index < -0.39 is 0 Å². The van der Waals surface area contributed by atoms with Crippen molar-refractivity contribution in [3.8, 4) is 0 Å². The molecule has 3 nitrogen and oxygen atoms in total. The fraction of sp³-hybridized carbons (Fsp3) is 0. The van der Waals surface area contributed by atoms with Crippen molar-refractivity contribution >= 4 is 57.2 Å². The van der Waals surface area contributed by atoms with Gasteiger partial charge in [-0.2, -0.15) is 0 Å². The largest absolute Gasteiger partial charge is 0.300 e. The number of thioether (sulfide) groups is 1. The Bertz CT molecular complexity index is 741. The highest BCUT2D eigenvalue weighted by Gasteiger charge is 2.23. The lowest BCUT2D eigenvalue weighted by Gasteiger charge is -1.98. The summed E-state index contributed by atoms with van der Waals surface area (Å²) in [6, 6.07) is 17.6. The average molecular weight is 406 g/mol. The van der Waals surface area contributed by atoms with E-state index in [2.05, 4.69) is 32.9 Å². The molecule has 1 fully saturated rings. The van der Waals surface area contributed by atoms with E-state index in [-0.39, 0.29) is 5.91 Å². The smallest absolute Gasteiger partial charge is 0.264 e. The number of aliphatic imine (C=N–C) groups is 1. The third-order valence-electron chi connectivity index (χ3n) is 2.82. The van der Waals surface area contributed by atoms with Gasteiger partial charge >= 0.3 is 0 Å². The van der Waals surface area contributed by atoms with Crippen molar-refractivity contribution < 1.29 is 4.79 Å². The molecular weight excluding hydrogens is 395 g/mol. The maximum atomic E-state index is 12.0. The summed E-state index contributed by atoms with van der Waals surface area (Å²) in [6.45, 7) is 0. The van der Waals surface area contributed by atoms with Crippen LogP contribution in [0.2, 0.25) is 0 Å². The molecule has 21 heavy (non-hydrogen) atoms. The highest BCUT2D eigenvalue weighted by Crippen LogP contribution is 2.29. The summed E-state index contributed by atoms with van der Waals surface area (Å²) in [5, 5.41) is 3.42. The molecule has 1 saturated heterocycles. The first-order valence-electron chi connectivity index (χ1n) is 6.31. The van der Waals surface area contributed by atoms with Crippen LogP contribution < -0.4 is 5.32 Å². The molecule has 104 valence electrons. The number of para-hydroxylation sites is 1. The number of hydrogen-bond donors (Lipinski definition) is 1. The van der Waals surface area contributed by atoms with E-state index in [0.717, 1.165) is 14.8 Å². The van der Waals surface area contributed by atoms with Crippen LogP contribution in [0.3, 0.4) is 0 Å². The first-order chi connectivity index (χ1) is 10.2. The van der Waals surface area contributed by atoms with Crippen LogP contribution in [0.25, 0.3) is 6.08 Å². The van der Waals surface area contributed by atoms with E-state index in [9.17, 15) is 4.79 Å². The quantitative estimate of drug-likeness (QED) is 0.601. The Balaban J connectivity index is 1.85. The Kier molecular flexibility index (Phi) is 4.40. The van der Waals surface area contributed by atoms with Crippen molar-refractivity contribution in [3.63, 3.8) is 0 Å². The second-order valence-corrected chi connectivity index (χ2v) is 6.54. The lowest BCUT2D eigenvalue weighted by Crippen LogP contribution is -2.19. The Morgan fingerprint density at radius 3 is 2.52 bits per heavy atom. The zero-order valence-electron chi connectivity index (χ0n) is 10.9. The highest BCUT2D eigenvalue weighted by molar-refractivity contribution is 14.1. The van der Waals surface area contributed by atoms with Crippen LogP contribution in [0.4, 0.5) is 5.69 Å². The summed E-state index contributed by atoms with van der Waals surface area (Å²) in [4.78, 5) is 17.1. The summed E-state index contributed by atoms with van der Waals surface area (Å²) < 4.78 is 1.05. The van der Waals surface area contributed by atoms with Gasteiger partial charge in [0, 0.05) is 3.57 Å². The van der Waals surface area contributed by atoms with E-state index in [1.165, 1.54) is 11.8 Å². The van der Waals surface area contributed by atoms with Gasteiger partial charge in [-0.3, -0.25) is 4.79 Å². The maximum Gasteiger partial charge on any atom is 0.264 e. The molecule has 0 radical (unpaired) electrons. The van der Waals surface area contributed by atoms with E-state index >= 15 is 0 Å². The molecule has 0 aromatic heterocycles. The zero-order chi connectivity index (χ0) is 14.7. The van der Waals surface area contributed by atoms with Crippen LogP contribution >= 0.6 is 34.4 Å². The third-order valence-corrected chi connectivity index (χ3v) is 4.64. The maximum absolute atomic E-state index is 12.0. The second-order valence-electron chi connectivity index (χ2n) is 4.34. The number of nitrogens with one attached hydrogen (secondary N) is 1. The number of amidine groups is 1. The Labute approximate surface area is 140 Å². The van der Waals surface area contributed by atoms with Gasteiger partial charge in [-0.05, 0) is 58.1 Å². The van der Waals surface area contributed by atoms with Crippen LogP contribution in [-0.2, 0) is 4.79 Å². The van der Waals surface area contributed by atoms with Crippen molar-refractivity contribution in [1.29, 1.82) is 0 Å². The van der Waals surface area contributed by atoms with E-state index in [1.54, 1.807) is 0 Å². The number of hydrogen-bond acceptors (Lipinski definition) is 3. The number of halogens is 1. The van der Waals surface area contributed by atoms with Crippen LogP contribution in [0.1, 0.15) is 5.56 Å². The van der Waals surface area contributed by atoms with Gasteiger partial charge in [0.15, 0.2) is 5.17 Å². The Morgan fingerprint density at radius 2 is 1.76 bits per heavy atom. The van der Waals surface area contributed by atoms with Gasteiger partial charge in [0.1, 0.15) is 0 Å². The highest BCUT2D eigenvalue weighted by atomic mass is 127. The first-order valence-corrected chi connectivity index (χ1v) is 8.21. The lowest BCUT2D eigenvalue weighted by molar-refractivity contribution is -0.115. The molecule has 0 spiro atoms. The number of carbonyl (C=O) groups excluding carboxylic acids is 1. The molecule has 0 unspecified atom stereocenters. The molecule has 1 aliphatic heterocycles. The monoisotopic (exact) mass is 406 g/mol. The molecule has 0 aliphatic carbocycles. The molecule has 1 amide bonds. The van der Waals surface area contributed by atoms with Crippen molar-refractivity contribution in [2.75, 3.05) is 0 Å². The van der Waals surface area contributed by atoms with Crippen LogP contribution in [0.5, 0.6) is 0 Å². The van der Waals surface area contributed by atoms with Crippen molar-refractivity contribution in [1.82, 2.24) is 5.32 Å². The number of carbonyl (C=O) groups is 1. The van der Waals surface area contributed by atoms with E-state index in [0.29, 0.717) is 10.1 Å². The van der Waals surface area contributed by atoms with Gasteiger partial charge in [-0.25, -0.2) is 4.99 Å². The van der Waals surface area contributed by atoms with E-state index in [1.807, 2.05) is 60.7 Å². The number of amides is 1. The molecule has 1 aliphatic rings. The Hall–Kier alpha value is -1.60. The molecule has 0 bridgehead atoms. The SMILES string of the molecule is O=C1NC(=Nc2ccccc2I)S/C1=C/c1ccccc1. The summed E-state index contributed by atoms with van der Waals surface area (Å²) in [7, 11) is 0. The normalized spacial score (nSPS) is 18.2. The van der Waals surface area contributed by atoms with Gasteiger partial charge < -0.3 is 5.32 Å². The fourth-order valence-corrected chi connectivity index (χ4v) is 3.18. The van der Waals surface area contributed by atoms with Crippen molar-refractivity contribution in [2.24, 2.45) is 4.99 Å². The minimum Gasteiger partial charge on any atom is -0.300 e. The van der Waals surface area contributed by atoms with Gasteiger partial charge in [-0.1, -0.05) is 42.5 Å². The fourth-order valence-electron chi connectivity index (χ4n) is 1.83. The topological polar surface area (TPSA) is 41.5 Å². The molecular formula is C16H11IN2OS. The molecule has 2 aromatic carbocycles. The molecule has 5 heteroatoms. The van der Waals surface area contributed by atoms with Crippen LogP contribution in [0, 0.1) is 3.57 Å². The van der Waals surface area contributed by atoms with Gasteiger partial charge in [0.25, 0.3) is 5.91 Å². The number of rotatable bonds is 2. The predicted molar refractivity (Wildman–Crippen MR) is 96.4 cm³/mol. The van der Waals surface area contributed by atoms with Crippen molar-refractivity contribution in [3.05, 3.63) is 68.6 Å². The molecule has 2 aromatic rings. The summed E-state index contributed by atoms with van der Waals surface area (Å²) in [5.41, 5.74) is 1.87. The van der Waals surface area contributed by atoms with E-state index in [4.69, 9.17) is 0 Å². The van der Waals surface area contributed by atoms with Gasteiger partial charge in [0.2, 0.25) is 0 Å². The van der Waals surface area contributed by atoms with Crippen LogP contribution in [-0.4, -0.2) is 11.1 Å². The standard InChI is InChI=1S/C16H11IN2OS/c17-12-8-4-5-9-13(12)18-16-19-15(20)14(21-16)10-11-6-2-1-3-7-11/h1-10H,(H,18,19,20)/b14-10+. The first kappa shape index (κ1) is 14.3. The summed E-state index contributed by atoms with van der Waals surface area (Å²) >= 11 is 3.60. The zero-order valence-corrected chi connectivity index (χ0v) is 13.9. The molecule has 0 atom stereocenters. The minimum absolute atomic E-state index is 0.103. The van der Waals surface area contributed by atoms with Gasteiger partial charge in [0.05, 0.1) is 10.6 Å². The third kappa shape index (κ3) is 3.54. The second kappa shape index (κ2) is 6.44. The molecule has 3 rings (SSSR count). The lowest BCUT2D eigenvalue weighted by atomic mass is 10.2. The van der Waals surface area contributed by atoms with Crippen LogP contribution in [0.15, 0.2) is 64.5 Å². The Morgan fingerprint density at radius 1 is 1.05 bits per heavy atom. The summed E-state index contributed by atoms with van der Waals surface area (Å²) in [6.07, 6.45) is 1.87. The molecule has 0 saturated carbocycles. The molecule has 1 heterocycles.